The number of fused-ring (bicyclic) bond motifs is 2. The number of likely N-dealkylation sites (N-methyl/N-ethyl adjacent to an activating group) is 1. The Bertz CT molecular complexity index is 755. The molecule has 0 aromatic heterocycles. The lowest BCUT2D eigenvalue weighted by atomic mass is 9.74. The number of likely N-dealkylation sites (tertiary alicyclic amines) is 1. The second-order valence-corrected chi connectivity index (χ2v) is 11.1. The molecule has 0 saturated carbocycles. The highest BCUT2D eigenvalue weighted by atomic mass is 32.2. The molecule has 158 valence electrons. The highest BCUT2D eigenvalue weighted by Gasteiger charge is 2.40. The van der Waals surface area contributed by atoms with Crippen molar-refractivity contribution >= 4 is 10.0 Å². The predicted octanol–water partition coefficient (Wildman–Crippen LogP) is 2.57. The topological polar surface area (TPSA) is 43.9 Å². The zero-order valence-corrected chi connectivity index (χ0v) is 18.8. The molecule has 2 fully saturated rings. The van der Waals surface area contributed by atoms with Gasteiger partial charge in [-0.2, -0.15) is 0 Å². The zero-order chi connectivity index (χ0) is 20.4. The van der Waals surface area contributed by atoms with Gasteiger partial charge in [0, 0.05) is 19.1 Å². The Morgan fingerprint density at radius 1 is 1.07 bits per heavy atom. The third kappa shape index (κ3) is 4.96. The molecule has 0 radical (unpaired) electrons. The van der Waals surface area contributed by atoms with Crippen LogP contribution in [-0.4, -0.2) is 82.1 Å². The van der Waals surface area contributed by atoms with Crippen molar-refractivity contribution in [3.63, 3.8) is 0 Å². The normalized spacial score (nSPS) is 25.4. The number of aryl methyl sites for hydroxylation is 1. The fraction of sp³-hybridized carbons (Fsp3) is 0.727. The molecule has 2 aliphatic heterocycles. The van der Waals surface area contributed by atoms with E-state index in [-0.39, 0.29) is 0 Å². The molecule has 0 N–H and O–H groups in total. The Labute approximate surface area is 171 Å². The molecule has 1 aliphatic carbocycles. The van der Waals surface area contributed by atoms with E-state index in [0.29, 0.717) is 24.5 Å². The van der Waals surface area contributed by atoms with E-state index in [0.717, 1.165) is 12.8 Å². The first kappa shape index (κ1) is 21.8. The van der Waals surface area contributed by atoms with Crippen molar-refractivity contribution < 1.29 is 8.42 Å². The van der Waals surface area contributed by atoms with Gasteiger partial charge in [0.25, 0.3) is 0 Å². The van der Waals surface area contributed by atoms with E-state index in [1.54, 1.807) is 15.4 Å². The predicted molar refractivity (Wildman–Crippen MR) is 116 cm³/mol. The second-order valence-electron chi connectivity index (χ2n) is 9.12. The van der Waals surface area contributed by atoms with Crippen molar-refractivity contribution in [3.05, 3.63) is 35.4 Å². The maximum Gasteiger partial charge on any atom is 0.211 e. The van der Waals surface area contributed by atoms with Crippen LogP contribution in [0.25, 0.3) is 0 Å². The standard InChI is InChI=1S/C14H19N.C8H18N2O2S/c1-15-10-8-14(9-11-15)7-6-12-4-2-3-5-13(12)14;1-9(2)8-5-4-6-10(7-8)13(3,11)12/h2-5H,6-11H2,1H3;8H,4-7H2,1-3H3. The van der Waals surface area contributed by atoms with Gasteiger partial charge in [-0.25, -0.2) is 12.7 Å². The van der Waals surface area contributed by atoms with Crippen LogP contribution in [0.4, 0.5) is 0 Å². The third-order valence-corrected chi connectivity index (χ3v) is 8.23. The summed E-state index contributed by atoms with van der Waals surface area (Å²) in [6.07, 6.45) is 8.76. The van der Waals surface area contributed by atoms with Crippen molar-refractivity contribution in [1.82, 2.24) is 14.1 Å². The largest absolute Gasteiger partial charge is 0.306 e. The summed E-state index contributed by atoms with van der Waals surface area (Å²) in [5, 5.41) is 0. The maximum atomic E-state index is 11.3. The number of benzene rings is 1. The van der Waals surface area contributed by atoms with Crippen LogP contribution in [0.5, 0.6) is 0 Å². The molecule has 6 heteroatoms. The van der Waals surface area contributed by atoms with Gasteiger partial charge in [-0.3, -0.25) is 0 Å². The molecule has 1 aromatic carbocycles. The summed E-state index contributed by atoms with van der Waals surface area (Å²) in [7, 11) is 3.25. The minimum atomic E-state index is -2.99. The van der Waals surface area contributed by atoms with Crippen LogP contribution in [-0.2, 0) is 21.9 Å². The van der Waals surface area contributed by atoms with Crippen LogP contribution in [0, 0.1) is 0 Å². The summed E-state index contributed by atoms with van der Waals surface area (Å²) < 4.78 is 24.1. The number of hydrogen-bond acceptors (Lipinski definition) is 4. The summed E-state index contributed by atoms with van der Waals surface area (Å²) in [5.74, 6) is 0. The highest BCUT2D eigenvalue weighted by molar-refractivity contribution is 7.88. The van der Waals surface area contributed by atoms with Gasteiger partial charge in [-0.1, -0.05) is 24.3 Å². The van der Waals surface area contributed by atoms with Crippen LogP contribution < -0.4 is 0 Å². The molecule has 2 heterocycles. The van der Waals surface area contributed by atoms with E-state index in [1.807, 2.05) is 14.1 Å². The van der Waals surface area contributed by atoms with Crippen LogP contribution in [0.1, 0.15) is 43.2 Å². The molecule has 4 rings (SSSR count). The fourth-order valence-electron chi connectivity index (χ4n) is 4.97. The van der Waals surface area contributed by atoms with Gasteiger partial charge in [0.15, 0.2) is 0 Å². The molecule has 0 bridgehead atoms. The monoisotopic (exact) mass is 407 g/mol. The molecular weight excluding hydrogens is 370 g/mol. The summed E-state index contributed by atoms with van der Waals surface area (Å²) in [5.41, 5.74) is 3.82. The van der Waals surface area contributed by atoms with Gasteiger partial charge in [0.2, 0.25) is 10.0 Å². The summed E-state index contributed by atoms with van der Waals surface area (Å²) in [4.78, 5) is 4.56. The molecular formula is C22H37N3O2S. The van der Waals surface area contributed by atoms with Gasteiger partial charge >= 0.3 is 0 Å². The van der Waals surface area contributed by atoms with E-state index in [4.69, 9.17) is 0 Å². The van der Waals surface area contributed by atoms with Gasteiger partial charge in [-0.05, 0) is 89.3 Å². The fourth-order valence-corrected chi connectivity index (χ4v) is 5.88. The average molecular weight is 408 g/mol. The third-order valence-electron chi connectivity index (χ3n) is 6.96. The van der Waals surface area contributed by atoms with E-state index in [9.17, 15) is 8.42 Å². The SMILES string of the molecule is CN(C)C1CCCN(S(C)(=O)=O)C1.CN1CCC2(CCc3ccccc32)CC1. The Hall–Kier alpha value is -0.950. The molecule has 3 aliphatic rings. The van der Waals surface area contributed by atoms with Gasteiger partial charge < -0.3 is 9.80 Å². The minimum absolute atomic E-state index is 0.378. The summed E-state index contributed by atoms with van der Waals surface area (Å²) in [6, 6.07) is 9.47. The summed E-state index contributed by atoms with van der Waals surface area (Å²) >= 11 is 0. The quantitative estimate of drug-likeness (QED) is 0.756. The smallest absolute Gasteiger partial charge is 0.211 e. The Kier molecular flexibility index (Phi) is 6.85. The number of hydrogen-bond donors (Lipinski definition) is 0. The number of piperidine rings is 2. The van der Waals surface area contributed by atoms with Gasteiger partial charge in [0.1, 0.15) is 0 Å². The van der Waals surface area contributed by atoms with E-state index in [1.165, 1.54) is 45.0 Å². The molecule has 1 atom stereocenters. The average Bonchev–Trinajstić information content (AvgIpc) is 3.03. The Morgan fingerprint density at radius 2 is 1.75 bits per heavy atom. The van der Waals surface area contributed by atoms with Crippen molar-refractivity contribution in [1.29, 1.82) is 0 Å². The van der Waals surface area contributed by atoms with Crippen molar-refractivity contribution in [3.8, 4) is 0 Å². The first-order valence-corrected chi connectivity index (χ1v) is 12.4. The summed E-state index contributed by atoms with van der Waals surface area (Å²) in [6.45, 7) is 3.87. The maximum absolute atomic E-state index is 11.3. The molecule has 28 heavy (non-hydrogen) atoms. The van der Waals surface area contributed by atoms with Gasteiger partial charge in [-0.15, -0.1) is 0 Å². The molecule has 2 saturated heterocycles. The molecule has 1 spiro atoms. The Morgan fingerprint density at radius 3 is 2.39 bits per heavy atom. The zero-order valence-electron chi connectivity index (χ0n) is 18.0. The van der Waals surface area contributed by atoms with Crippen molar-refractivity contribution in [2.24, 2.45) is 0 Å². The van der Waals surface area contributed by atoms with E-state index >= 15 is 0 Å². The minimum Gasteiger partial charge on any atom is -0.306 e. The second kappa shape index (κ2) is 8.82. The van der Waals surface area contributed by atoms with E-state index in [2.05, 4.69) is 41.1 Å². The first-order chi connectivity index (χ1) is 13.2. The molecule has 1 unspecified atom stereocenters. The molecule has 0 amide bonds. The van der Waals surface area contributed by atoms with Gasteiger partial charge in [0.05, 0.1) is 6.26 Å². The first-order valence-electron chi connectivity index (χ1n) is 10.6. The van der Waals surface area contributed by atoms with Crippen molar-refractivity contribution in [2.45, 2.75) is 50.0 Å². The molecule has 5 nitrogen and oxygen atoms in total. The number of sulfonamides is 1. The lowest BCUT2D eigenvalue weighted by Gasteiger charge is -2.38. The van der Waals surface area contributed by atoms with Crippen LogP contribution in [0.3, 0.4) is 0 Å². The van der Waals surface area contributed by atoms with Crippen molar-refractivity contribution in [2.75, 3.05) is 53.6 Å². The lowest BCUT2D eigenvalue weighted by molar-refractivity contribution is 0.187. The molecule has 1 aromatic rings. The van der Waals surface area contributed by atoms with Crippen LogP contribution >= 0.6 is 0 Å². The van der Waals surface area contributed by atoms with Crippen LogP contribution in [0.15, 0.2) is 24.3 Å². The lowest BCUT2D eigenvalue weighted by Crippen LogP contribution is -2.47. The number of nitrogens with zero attached hydrogens (tertiary/aromatic N) is 3. The number of rotatable bonds is 2. The van der Waals surface area contributed by atoms with Crippen LogP contribution in [0.2, 0.25) is 0 Å². The Balaban J connectivity index is 0.000000163. The highest BCUT2D eigenvalue weighted by Crippen LogP contribution is 2.45. The van der Waals surface area contributed by atoms with E-state index < -0.39 is 10.0 Å².